The van der Waals surface area contributed by atoms with Crippen LogP contribution in [-0.2, 0) is 17.7 Å². The van der Waals surface area contributed by atoms with Crippen LogP contribution < -0.4 is 10.1 Å². The number of rotatable bonds is 8. The highest BCUT2D eigenvalue weighted by molar-refractivity contribution is 5.94. The number of morpholine rings is 1. The molecule has 0 atom stereocenters. The van der Waals surface area contributed by atoms with E-state index >= 15 is 0 Å². The van der Waals surface area contributed by atoms with Gasteiger partial charge in [0.1, 0.15) is 5.75 Å². The van der Waals surface area contributed by atoms with Gasteiger partial charge in [0.25, 0.3) is 5.91 Å². The average molecular weight is 368 g/mol. The fourth-order valence-corrected chi connectivity index (χ4v) is 3.17. The van der Waals surface area contributed by atoms with Crippen LogP contribution in [0.15, 0.2) is 48.5 Å². The quantitative estimate of drug-likeness (QED) is 0.728. The van der Waals surface area contributed by atoms with Crippen molar-refractivity contribution in [3.05, 3.63) is 65.2 Å². The molecule has 144 valence electrons. The highest BCUT2D eigenvalue weighted by Gasteiger charge is 2.11. The zero-order chi connectivity index (χ0) is 18.9. The van der Waals surface area contributed by atoms with Gasteiger partial charge >= 0.3 is 0 Å². The van der Waals surface area contributed by atoms with Crippen molar-refractivity contribution in [3.63, 3.8) is 0 Å². The average Bonchev–Trinajstić information content (AvgIpc) is 2.73. The SMILES string of the molecule is COc1ccc(CCCNC(=O)c2ccc(CN3CCOCC3)cc2)cc1. The summed E-state index contributed by atoms with van der Waals surface area (Å²) >= 11 is 0. The topological polar surface area (TPSA) is 50.8 Å². The van der Waals surface area contributed by atoms with Crippen LogP contribution in [-0.4, -0.2) is 50.8 Å². The van der Waals surface area contributed by atoms with E-state index in [4.69, 9.17) is 9.47 Å². The number of hydrogen-bond donors (Lipinski definition) is 1. The van der Waals surface area contributed by atoms with Crippen molar-refractivity contribution in [2.45, 2.75) is 19.4 Å². The van der Waals surface area contributed by atoms with Gasteiger partial charge in [-0.3, -0.25) is 9.69 Å². The Bertz CT molecular complexity index is 707. The van der Waals surface area contributed by atoms with Crippen molar-refractivity contribution < 1.29 is 14.3 Å². The third-order valence-electron chi connectivity index (χ3n) is 4.81. The van der Waals surface area contributed by atoms with Gasteiger partial charge in [0.2, 0.25) is 0 Å². The summed E-state index contributed by atoms with van der Waals surface area (Å²) in [4.78, 5) is 14.7. The van der Waals surface area contributed by atoms with Crippen molar-refractivity contribution in [2.24, 2.45) is 0 Å². The summed E-state index contributed by atoms with van der Waals surface area (Å²) in [6, 6.07) is 16.0. The summed E-state index contributed by atoms with van der Waals surface area (Å²) in [6.45, 7) is 5.12. The normalized spacial score (nSPS) is 14.7. The summed E-state index contributed by atoms with van der Waals surface area (Å²) in [6.07, 6.45) is 1.84. The third-order valence-corrected chi connectivity index (χ3v) is 4.81. The minimum atomic E-state index is -0.0114. The van der Waals surface area contributed by atoms with E-state index in [0.717, 1.165) is 51.4 Å². The van der Waals surface area contributed by atoms with Crippen molar-refractivity contribution in [2.75, 3.05) is 40.0 Å². The van der Waals surface area contributed by atoms with Crippen molar-refractivity contribution in [1.82, 2.24) is 10.2 Å². The number of nitrogens with zero attached hydrogens (tertiary/aromatic N) is 1. The van der Waals surface area contributed by atoms with E-state index in [1.165, 1.54) is 11.1 Å². The van der Waals surface area contributed by atoms with Crippen molar-refractivity contribution in [3.8, 4) is 5.75 Å². The zero-order valence-corrected chi connectivity index (χ0v) is 15.9. The van der Waals surface area contributed by atoms with E-state index in [0.29, 0.717) is 12.1 Å². The Morgan fingerprint density at radius 2 is 1.70 bits per heavy atom. The van der Waals surface area contributed by atoms with Crippen LogP contribution in [0.3, 0.4) is 0 Å². The second-order valence-corrected chi connectivity index (χ2v) is 6.79. The van der Waals surface area contributed by atoms with Gasteiger partial charge in [-0.05, 0) is 48.2 Å². The lowest BCUT2D eigenvalue weighted by molar-refractivity contribution is 0.0342. The molecule has 1 N–H and O–H groups in total. The molecule has 0 aliphatic carbocycles. The van der Waals surface area contributed by atoms with Gasteiger partial charge in [-0.25, -0.2) is 0 Å². The van der Waals surface area contributed by atoms with Crippen LogP contribution in [0, 0.1) is 0 Å². The van der Waals surface area contributed by atoms with Crippen LogP contribution in [0.25, 0.3) is 0 Å². The van der Waals surface area contributed by atoms with Crippen LogP contribution >= 0.6 is 0 Å². The first-order valence-electron chi connectivity index (χ1n) is 9.55. The molecule has 1 fully saturated rings. The molecule has 0 bridgehead atoms. The fraction of sp³-hybridized carbons (Fsp3) is 0.409. The summed E-state index contributed by atoms with van der Waals surface area (Å²) in [7, 11) is 1.67. The molecule has 1 aliphatic heterocycles. The second-order valence-electron chi connectivity index (χ2n) is 6.79. The minimum absolute atomic E-state index is 0.0114. The lowest BCUT2D eigenvalue weighted by Gasteiger charge is -2.26. The van der Waals surface area contributed by atoms with Gasteiger partial charge < -0.3 is 14.8 Å². The Balaban J connectivity index is 1.39. The molecule has 0 radical (unpaired) electrons. The Labute approximate surface area is 161 Å². The molecule has 1 saturated heterocycles. The number of carbonyl (C=O) groups excluding carboxylic acids is 1. The van der Waals surface area contributed by atoms with Gasteiger partial charge in [-0.2, -0.15) is 0 Å². The fourth-order valence-electron chi connectivity index (χ4n) is 3.17. The van der Waals surface area contributed by atoms with Gasteiger partial charge in [0.05, 0.1) is 20.3 Å². The van der Waals surface area contributed by atoms with Crippen molar-refractivity contribution in [1.29, 1.82) is 0 Å². The van der Waals surface area contributed by atoms with Crippen LogP contribution in [0.1, 0.15) is 27.9 Å². The van der Waals surface area contributed by atoms with Crippen LogP contribution in [0.4, 0.5) is 0 Å². The lowest BCUT2D eigenvalue weighted by atomic mass is 10.1. The largest absolute Gasteiger partial charge is 0.497 e. The molecule has 0 aromatic heterocycles. The smallest absolute Gasteiger partial charge is 0.251 e. The van der Waals surface area contributed by atoms with Gasteiger partial charge in [-0.1, -0.05) is 24.3 Å². The van der Waals surface area contributed by atoms with E-state index in [1.54, 1.807) is 7.11 Å². The molecule has 5 nitrogen and oxygen atoms in total. The van der Waals surface area contributed by atoms with Crippen molar-refractivity contribution >= 4 is 5.91 Å². The minimum Gasteiger partial charge on any atom is -0.497 e. The monoisotopic (exact) mass is 368 g/mol. The van der Waals surface area contributed by atoms with E-state index in [-0.39, 0.29) is 5.91 Å². The highest BCUT2D eigenvalue weighted by atomic mass is 16.5. The van der Waals surface area contributed by atoms with E-state index in [1.807, 2.05) is 36.4 Å². The zero-order valence-electron chi connectivity index (χ0n) is 15.9. The Morgan fingerprint density at radius 1 is 1.04 bits per heavy atom. The number of carbonyl (C=O) groups is 1. The van der Waals surface area contributed by atoms with Gasteiger partial charge in [-0.15, -0.1) is 0 Å². The summed E-state index contributed by atoms with van der Waals surface area (Å²) in [5.41, 5.74) is 3.19. The Kier molecular flexibility index (Phi) is 7.25. The standard InChI is InChI=1S/C22H28N2O3/c1-26-21-10-6-18(7-11-21)3-2-12-23-22(25)20-8-4-19(5-9-20)17-24-13-15-27-16-14-24/h4-11H,2-3,12-17H2,1H3,(H,23,25). The Hall–Kier alpha value is -2.37. The maximum atomic E-state index is 12.3. The third kappa shape index (κ3) is 6.08. The van der Waals surface area contributed by atoms with E-state index < -0.39 is 0 Å². The predicted molar refractivity (Wildman–Crippen MR) is 106 cm³/mol. The molecular weight excluding hydrogens is 340 g/mol. The van der Waals surface area contributed by atoms with E-state index in [9.17, 15) is 4.79 Å². The molecule has 2 aromatic carbocycles. The maximum Gasteiger partial charge on any atom is 0.251 e. The molecule has 3 rings (SSSR count). The molecule has 1 heterocycles. The molecule has 0 unspecified atom stereocenters. The van der Waals surface area contributed by atoms with E-state index in [2.05, 4.69) is 22.3 Å². The summed E-state index contributed by atoms with van der Waals surface area (Å²) in [5, 5.41) is 3.00. The number of amides is 1. The molecule has 1 aliphatic rings. The molecule has 0 spiro atoms. The number of hydrogen-bond acceptors (Lipinski definition) is 4. The molecule has 2 aromatic rings. The number of benzene rings is 2. The molecule has 0 saturated carbocycles. The first-order chi connectivity index (χ1) is 13.2. The van der Waals surface area contributed by atoms with Gasteiger partial charge in [0.15, 0.2) is 0 Å². The second kappa shape index (κ2) is 10.1. The molecule has 1 amide bonds. The lowest BCUT2D eigenvalue weighted by Crippen LogP contribution is -2.35. The van der Waals surface area contributed by atoms with Gasteiger partial charge in [0, 0.05) is 31.7 Å². The summed E-state index contributed by atoms with van der Waals surface area (Å²) < 4.78 is 10.5. The summed E-state index contributed by atoms with van der Waals surface area (Å²) in [5.74, 6) is 0.853. The number of nitrogens with one attached hydrogen (secondary N) is 1. The maximum absolute atomic E-state index is 12.3. The number of methoxy groups -OCH3 is 1. The van der Waals surface area contributed by atoms with Crippen LogP contribution in [0.2, 0.25) is 0 Å². The first kappa shape index (κ1) is 19.4. The Morgan fingerprint density at radius 3 is 2.37 bits per heavy atom. The molecule has 27 heavy (non-hydrogen) atoms. The number of ether oxygens (including phenoxy) is 2. The first-order valence-corrected chi connectivity index (χ1v) is 9.55. The molecular formula is C22H28N2O3. The predicted octanol–water partition coefficient (Wildman–Crippen LogP) is 2.89. The molecule has 5 heteroatoms. The number of aryl methyl sites for hydroxylation is 1. The van der Waals surface area contributed by atoms with Crippen LogP contribution in [0.5, 0.6) is 5.75 Å². The highest BCUT2D eigenvalue weighted by Crippen LogP contribution is 2.12.